The molecule has 5 unspecified atom stereocenters. The van der Waals surface area contributed by atoms with Crippen molar-refractivity contribution < 1.29 is 68.1 Å². The molecule has 3 rings (SSSR count). The first-order valence-electron chi connectivity index (χ1n) is 30.2. The van der Waals surface area contributed by atoms with Gasteiger partial charge in [-0.05, 0) is 68.3 Å². The Kier molecular flexibility index (Phi) is 31.3. The van der Waals surface area contributed by atoms with Crippen LogP contribution >= 0.6 is 0 Å². The van der Waals surface area contributed by atoms with Crippen molar-refractivity contribution in [2.24, 2.45) is 23.7 Å². The predicted molar refractivity (Wildman–Crippen MR) is 317 cm³/mol. The number of allylic oxidation sites excluding steroid dienone is 1. The summed E-state index contributed by atoms with van der Waals surface area (Å²) in [6.45, 7) is 15.7. The van der Waals surface area contributed by atoms with Crippen molar-refractivity contribution in [2.45, 2.75) is 213 Å². The Labute approximate surface area is 500 Å². The Morgan fingerprint density at radius 2 is 1.07 bits per heavy atom. The van der Waals surface area contributed by atoms with E-state index in [1.54, 1.807) is 44.2 Å². The van der Waals surface area contributed by atoms with Crippen molar-refractivity contribution in [1.82, 2.24) is 58.1 Å². The molecule has 0 saturated carbocycles. The number of benzene rings is 1. The zero-order valence-electron chi connectivity index (χ0n) is 51.3. The minimum absolute atomic E-state index is 0.0703. The summed E-state index contributed by atoms with van der Waals surface area (Å²) in [7, 11) is 0. The van der Waals surface area contributed by atoms with Crippen molar-refractivity contribution in [1.29, 1.82) is 0 Å². The molecule has 0 aromatic heterocycles. The van der Waals surface area contributed by atoms with E-state index in [1.807, 2.05) is 48.5 Å². The summed E-state index contributed by atoms with van der Waals surface area (Å²) >= 11 is 0. The van der Waals surface area contributed by atoms with Gasteiger partial charge in [0.05, 0.1) is 12.6 Å². The Hall–Kier alpha value is -6.99. The molecule has 12 atom stereocenters. The molecule has 0 bridgehead atoms. The van der Waals surface area contributed by atoms with Gasteiger partial charge in [0.15, 0.2) is 0 Å². The third kappa shape index (κ3) is 23.8. The number of nitrogens with zero attached hydrogens (tertiary/aromatic N) is 1. The number of rotatable bonds is 18. The third-order valence-corrected chi connectivity index (χ3v) is 15.3. The van der Waals surface area contributed by atoms with Crippen LogP contribution < -0.4 is 53.2 Å². The van der Waals surface area contributed by atoms with Gasteiger partial charge in [0, 0.05) is 45.1 Å². The van der Waals surface area contributed by atoms with Crippen LogP contribution in [0, 0.1) is 23.7 Å². The Balaban J connectivity index is 2.17. The monoisotopic (exact) mass is 1200 g/mol. The van der Waals surface area contributed by atoms with Crippen LogP contribution in [0.15, 0.2) is 42.1 Å². The molecular formula is C60H97N11O14. The minimum Gasteiger partial charge on any atom is -0.396 e. The number of amides is 11. The SMILES string of the molecule is C/C=C1/NC(=O)[C@@H](CCO)NC(=O)C[C@H](CCCCC)NC(=O)CNC(=O)[C@@H](CC(C)C)NC(=O)[C@@H](C(C)CC)NC(=O)[C@H](C(C)CC)NC(=O)C(CC(C)C)NC(=O)[C@H](Cc2ccccc2)NC(=O)C(CCO)NC(=O)[C@@H]2CC(O)CN2C1=O. The molecular weight excluding hydrogens is 1100 g/mol. The lowest BCUT2D eigenvalue weighted by Gasteiger charge is -2.31. The van der Waals surface area contributed by atoms with Crippen LogP contribution in [0.1, 0.15) is 152 Å². The smallest absolute Gasteiger partial charge is 0.270 e. The van der Waals surface area contributed by atoms with Crippen LogP contribution in [0.4, 0.5) is 0 Å². The van der Waals surface area contributed by atoms with Crippen LogP contribution in [-0.2, 0) is 59.2 Å². The maximum absolute atomic E-state index is 14.6. The molecule has 25 nitrogen and oxygen atoms in total. The molecule has 2 saturated heterocycles. The highest BCUT2D eigenvalue weighted by atomic mass is 16.3. The first-order chi connectivity index (χ1) is 40.3. The molecule has 2 fully saturated rings. The average Bonchev–Trinajstić information content (AvgIpc) is 3.93. The average molecular weight is 1200 g/mol. The van der Waals surface area contributed by atoms with Gasteiger partial charge >= 0.3 is 0 Å². The number of fused-ring (bicyclic) bond motifs is 1. The standard InChI is InChI=1S/C60H97N11O14/c1-11-15-17-22-39-30-48(75)63-42(23-25-72)53(78)64-41(14-4)60(85)71-33-40(74)31-47(71)57(82)65-43(24-26-73)54(79)67-46(29-38-20-18-16-19-21-38)55(80)66-45(28-35(7)8)56(81)69-51(37(10)13-3)59(84)70-50(36(9)12-2)58(83)68-44(27-34(5)6)52(77)61-32-49(76)62-39/h14,16,18-21,34-37,39-40,42-47,50-51,72-74H,11-13,15,17,22-33H2,1-10H3,(H,61,77)(H,62,76)(H,63,75)(H,64,78)(H,65,82)(H,66,80)(H,67,79)(H,68,83)(H,69,81)(H,70,84)/b41-14+/t36?,37?,39-,40?,42+,43?,44+,45?,46-,47-,50+,51-/m0/s1. The van der Waals surface area contributed by atoms with E-state index in [9.17, 15) is 68.1 Å². The molecule has 2 heterocycles. The fourth-order valence-corrected chi connectivity index (χ4v) is 10.1. The van der Waals surface area contributed by atoms with Crippen molar-refractivity contribution in [3.8, 4) is 0 Å². The summed E-state index contributed by atoms with van der Waals surface area (Å²) in [4.78, 5) is 157. The van der Waals surface area contributed by atoms with Crippen LogP contribution in [-0.4, -0.2) is 172 Å². The summed E-state index contributed by atoms with van der Waals surface area (Å²) in [5.41, 5.74) is 0.241. The second kappa shape index (κ2) is 36.8. The highest BCUT2D eigenvalue weighted by molar-refractivity contribution is 6.02. The third-order valence-electron chi connectivity index (χ3n) is 15.3. The van der Waals surface area contributed by atoms with Gasteiger partial charge in [-0.3, -0.25) is 52.7 Å². The fourth-order valence-electron chi connectivity index (χ4n) is 10.1. The number of aliphatic hydroxyl groups excluding tert-OH is 3. The summed E-state index contributed by atoms with van der Waals surface area (Å²) < 4.78 is 0. The van der Waals surface area contributed by atoms with E-state index in [1.165, 1.54) is 13.0 Å². The lowest BCUT2D eigenvalue weighted by atomic mass is 9.93. The van der Waals surface area contributed by atoms with Crippen LogP contribution in [0.2, 0.25) is 0 Å². The second-order valence-corrected chi connectivity index (χ2v) is 23.3. The molecule has 13 N–H and O–H groups in total. The van der Waals surface area contributed by atoms with Gasteiger partial charge in [-0.15, -0.1) is 0 Å². The van der Waals surface area contributed by atoms with Crippen LogP contribution in [0.25, 0.3) is 0 Å². The molecule has 1 aromatic carbocycles. The maximum atomic E-state index is 14.6. The first-order valence-corrected chi connectivity index (χ1v) is 30.2. The van der Waals surface area contributed by atoms with Gasteiger partial charge in [0.1, 0.15) is 54.0 Å². The number of carbonyl (C=O) groups is 11. The number of unbranched alkanes of at least 4 members (excludes halogenated alkanes) is 2. The maximum Gasteiger partial charge on any atom is 0.270 e. The van der Waals surface area contributed by atoms with Crippen molar-refractivity contribution >= 4 is 65.0 Å². The molecule has 1 aromatic rings. The number of aliphatic hydroxyl groups is 3. The largest absolute Gasteiger partial charge is 0.396 e. The molecule has 0 aliphatic carbocycles. The summed E-state index contributed by atoms with van der Waals surface area (Å²) in [5, 5.41) is 57.9. The topological polar surface area (TPSA) is 372 Å². The van der Waals surface area contributed by atoms with E-state index in [0.29, 0.717) is 31.2 Å². The normalized spacial score (nSPS) is 27.0. The molecule has 85 heavy (non-hydrogen) atoms. The van der Waals surface area contributed by atoms with Crippen LogP contribution in [0.3, 0.4) is 0 Å². The molecule has 2 aliphatic heterocycles. The zero-order valence-corrected chi connectivity index (χ0v) is 51.3. The number of nitrogens with one attached hydrogen (secondary N) is 10. The van der Waals surface area contributed by atoms with E-state index in [-0.39, 0.29) is 69.0 Å². The van der Waals surface area contributed by atoms with Crippen molar-refractivity contribution in [2.75, 3.05) is 26.3 Å². The van der Waals surface area contributed by atoms with E-state index >= 15 is 0 Å². The second-order valence-electron chi connectivity index (χ2n) is 23.3. The van der Waals surface area contributed by atoms with Gasteiger partial charge in [0.2, 0.25) is 59.1 Å². The minimum atomic E-state index is -1.52. The molecule has 25 heteroatoms. The van der Waals surface area contributed by atoms with E-state index in [0.717, 1.165) is 17.7 Å². The van der Waals surface area contributed by atoms with Crippen molar-refractivity contribution in [3.63, 3.8) is 0 Å². The summed E-state index contributed by atoms with van der Waals surface area (Å²) in [6.07, 6.45) is 2.09. The van der Waals surface area contributed by atoms with Gasteiger partial charge in [0.25, 0.3) is 5.91 Å². The molecule has 476 valence electrons. The van der Waals surface area contributed by atoms with Crippen molar-refractivity contribution in [3.05, 3.63) is 47.7 Å². The number of hydrogen-bond donors (Lipinski definition) is 13. The Morgan fingerprint density at radius 1 is 0.565 bits per heavy atom. The molecule has 0 radical (unpaired) electrons. The number of hydrogen-bond acceptors (Lipinski definition) is 14. The number of carbonyl (C=O) groups excluding carboxylic acids is 11. The molecule has 0 spiro atoms. The zero-order chi connectivity index (χ0) is 63.5. The van der Waals surface area contributed by atoms with Gasteiger partial charge in [-0.25, -0.2) is 0 Å². The Bertz CT molecular complexity index is 2440. The summed E-state index contributed by atoms with van der Waals surface area (Å²) in [5.74, 6) is -10.0. The molecule has 2 aliphatic rings. The van der Waals surface area contributed by atoms with E-state index in [2.05, 4.69) is 53.2 Å². The van der Waals surface area contributed by atoms with E-state index < -0.39 is 157 Å². The van der Waals surface area contributed by atoms with Gasteiger partial charge < -0.3 is 73.4 Å². The highest BCUT2D eigenvalue weighted by Crippen LogP contribution is 2.22. The lowest BCUT2D eigenvalue weighted by molar-refractivity contribution is -0.139. The quantitative estimate of drug-likeness (QED) is 0.0687. The summed E-state index contributed by atoms with van der Waals surface area (Å²) in [6, 6.07) is -2.83. The van der Waals surface area contributed by atoms with Gasteiger partial charge in [-0.1, -0.05) is 131 Å². The lowest BCUT2D eigenvalue weighted by Crippen LogP contribution is -2.62. The predicted octanol–water partition coefficient (Wildman–Crippen LogP) is 0.139. The Morgan fingerprint density at radius 3 is 1.62 bits per heavy atom. The van der Waals surface area contributed by atoms with Gasteiger partial charge in [-0.2, -0.15) is 0 Å². The van der Waals surface area contributed by atoms with E-state index in [4.69, 9.17) is 0 Å². The first kappa shape index (κ1) is 72.3. The fraction of sp³-hybridized carbons (Fsp3) is 0.683. The highest BCUT2D eigenvalue weighted by Gasteiger charge is 2.42. The molecule has 11 amide bonds. The van der Waals surface area contributed by atoms with Crippen LogP contribution in [0.5, 0.6) is 0 Å².